The molecule has 1 fully saturated rings. The van der Waals surface area contributed by atoms with Crippen LogP contribution in [0.4, 0.5) is 0 Å². The highest BCUT2D eigenvalue weighted by atomic mass is 16.5. The molecule has 22 heavy (non-hydrogen) atoms. The van der Waals surface area contributed by atoms with Crippen molar-refractivity contribution in [1.82, 2.24) is 5.32 Å². The van der Waals surface area contributed by atoms with Crippen molar-refractivity contribution in [3.8, 4) is 11.5 Å². The zero-order valence-corrected chi connectivity index (χ0v) is 13.8. The topological polar surface area (TPSA) is 50.7 Å². The number of aliphatic hydroxyl groups excluding tert-OH is 1. The maximum atomic E-state index is 9.48. The summed E-state index contributed by atoms with van der Waals surface area (Å²) in [4.78, 5) is 0. The molecule has 0 amide bonds. The van der Waals surface area contributed by atoms with Crippen LogP contribution in [0.5, 0.6) is 11.5 Å². The van der Waals surface area contributed by atoms with Gasteiger partial charge < -0.3 is 19.9 Å². The Hall–Kier alpha value is -1.26. The second-order valence-electron chi connectivity index (χ2n) is 6.05. The summed E-state index contributed by atoms with van der Waals surface area (Å²) in [6.45, 7) is 3.87. The van der Waals surface area contributed by atoms with E-state index in [1.54, 1.807) is 7.11 Å². The van der Waals surface area contributed by atoms with E-state index in [9.17, 15) is 5.11 Å². The molecule has 1 aromatic rings. The Morgan fingerprint density at radius 3 is 2.77 bits per heavy atom. The highest BCUT2D eigenvalue weighted by Crippen LogP contribution is 2.29. The normalized spacial score (nSPS) is 21.6. The standard InChI is InChI=1S/C18H29NO3/c1-3-10-22-17-9-8-14(11-18(17)21-2)12-19-16-7-5-4-6-15(16)13-20/h8-9,11,15-16,19-20H,3-7,10,12-13H2,1-2H3. The number of hydrogen-bond donors (Lipinski definition) is 2. The predicted molar refractivity (Wildman–Crippen MR) is 88.5 cm³/mol. The molecular formula is C18H29NO3. The number of methoxy groups -OCH3 is 1. The van der Waals surface area contributed by atoms with Crippen molar-refractivity contribution in [3.63, 3.8) is 0 Å². The molecule has 0 aliphatic heterocycles. The SMILES string of the molecule is CCCOc1ccc(CNC2CCCCC2CO)cc1OC. The predicted octanol–water partition coefficient (Wildman–Crippen LogP) is 3.12. The van der Waals surface area contributed by atoms with Crippen molar-refractivity contribution >= 4 is 0 Å². The summed E-state index contributed by atoms with van der Waals surface area (Å²) >= 11 is 0. The van der Waals surface area contributed by atoms with E-state index in [1.165, 1.54) is 18.4 Å². The molecule has 124 valence electrons. The van der Waals surface area contributed by atoms with E-state index >= 15 is 0 Å². The van der Waals surface area contributed by atoms with Gasteiger partial charge in [-0.25, -0.2) is 0 Å². The Labute approximate surface area is 133 Å². The fourth-order valence-electron chi connectivity index (χ4n) is 3.10. The Bertz CT molecular complexity index is 450. The van der Waals surface area contributed by atoms with Crippen molar-refractivity contribution in [2.75, 3.05) is 20.3 Å². The smallest absolute Gasteiger partial charge is 0.161 e. The summed E-state index contributed by atoms with van der Waals surface area (Å²) in [6.07, 6.45) is 5.75. The lowest BCUT2D eigenvalue weighted by Gasteiger charge is -2.31. The highest BCUT2D eigenvalue weighted by Gasteiger charge is 2.23. The van der Waals surface area contributed by atoms with Crippen LogP contribution in [0.3, 0.4) is 0 Å². The van der Waals surface area contributed by atoms with Gasteiger partial charge in [-0.05, 0) is 42.9 Å². The Morgan fingerprint density at radius 1 is 1.23 bits per heavy atom. The maximum absolute atomic E-state index is 9.48. The molecule has 1 aromatic carbocycles. The zero-order chi connectivity index (χ0) is 15.8. The second-order valence-corrected chi connectivity index (χ2v) is 6.05. The average molecular weight is 307 g/mol. The van der Waals surface area contributed by atoms with Crippen LogP contribution in [-0.2, 0) is 6.54 Å². The van der Waals surface area contributed by atoms with Gasteiger partial charge in [0.05, 0.1) is 13.7 Å². The van der Waals surface area contributed by atoms with Crippen LogP contribution in [0, 0.1) is 5.92 Å². The summed E-state index contributed by atoms with van der Waals surface area (Å²) in [5.41, 5.74) is 1.18. The number of nitrogens with one attached hydrogen (secondary N) is 1. The molecule has 2 N–H and O–H groups in total. The number of benzene rings is 1. The van der Waals surface area contributed by atoms with Gasteiger partial charge in [-0.15, -0.1) is 0 Å². The van der Waals surface area contributed by atoms with Gasteiger partial charge in [0.2, 0.25) is 0 Å². The minimum Gasteiger partial charge on any atom is -0.493 e. The minimum absolute atomic E-state index is 0.283. The molecule has 0 bridgehead atoms. The fraction of sp³-hybridized carbons (Fsp3) is 0.667. The van der Waals surface area contributed by atoms with Crippen molar-refractivity contribution in [2.24, 2.45) is 5.92 Å². The fourth-order valence-corrected chi connectivity index (χ4v) is 3.10. The van der Waals surface area contributed by atoms with Gasteiger partial charge in [-0.1, -0.05) is 25.8 Å². The first-order chi connectivity index (χ1) is 10.8. The Balaban J connectivity index is 1.94. The highest BCUT2D eigenvalue weighted by molar-refractivity contribution is 5.42. The summed E-state index contributed by atoms with van der Waals surface area (Å²) in [5, 5.41) is 13.1. The maximum Gasteiger partial charge on any atom is 0.161 e. The van der Waals surface area contributed by atoms with Gasteiger partial charge in [0, 0.05) is 19.2 Å². The first kappa shape index (κ1) is 17.1. The monoisotopic (exact) mass is 307 g/mol. The molecule has 1 aliphatic rings. The average Bonchev–Trinajstić information content (AvgIpc) is 2.58. The molecule has 1 aliphatic carbocycles. The molecular weight excluding hydrogens is 278 g/mol. The summed E-state index contributed by atoms with van der Waals surface area (Å²) in [6, 6.07) is 6.52. The zero-order valence-electron chi connectivity index (χ0n) is 13.8. The third-order valence-electron chi connectivity index (χ3n) is 4.40. The van der Waals surface area contributed by atoms with Gasteiger partial charge in [0.25, 0.3) is 0 Å². The molecule has 0 aromatic heterocycles. The molecule has 2 atom stereocenters. The van der Waals surface area contributed by atoms with E-state index in [-0.39, 0.29) is 6.61 Å². The van der Waals surface area contributed by atoms with Crippen LogP contribution in [0.2, 0.25) is 0 Å². The molecule has 0 heterocycles. The third kappa shape index (κ3) is 4.62. The third-order valence-corrected chi connectivity index (χ3v) is 4.40. The van der Waals surface area contributed by atoms with Crippen LogP contribution in [0.25, 0.3) is 0 Å². The quantitative estimate of drug-likeness (QED) is 0.775. The summed E-state index contributed by atoms with van der Waals surface area (Å²) in [7, 11) is 1.67. The van der Waals surface area contributed by atoms with Crippen molar-refractivity contribution < 1.29 is 14.6 Å². The number of ether oxygens (including phenoxy) is 2. The Kier molecular flexibility index (Phi) is 7.00. The van der Waals surface area contributed by atoms with E-state index in [0.29, 0.717) is 18.6 Å². The lowest BCUT2D eigenvalue weighted by Crippen LogP contribution is -2.39. The lowest BCUT2D eigenvalue weighted by atomic mass is 9.85. The molecule has 4 heteroatoms. The molecule has 0 radical (unpaired) electrons. The number of aliphatic hydroxyl groups is 1. The minimum atomic E-state index is 0.283. The van der Waals surface area contributed by atoms with Crippen LogP contribution >= 0.6 is 0 Å². The summed E-state index contributed by atoms with van der Waals surface area (Å²) < 4.78 is 11.1. The molecule has 0 spiro atoms. The van der Waals surface area contributed by atoms with E-state index in [2.05, 4.69) is 18.3 Å². The summed E-state index contributed by atoms with van der Waals surface area (Å²) in [5.74, 6) is 1.98. The van der Waals surface area contributed by atoms with Crippen molar-refractivity contribution in [2.45, 2.75) is 51.6 Å². The van der Waals surface area contributed by atoms with Crippen LogP contribution in [-0.4, -0.2) is 31.5 Å². The molecule has 2 rings (SSSR count). The van der Waals surface area contributed by atoms with Gasteiger partial charge in [-0.2, -0.15) is 0 Å². The first-order valence-corrected chi connectivity index (χ1v) is 8.42. The van der Waals surface area contributed by atoms with E-state index in [0.717, 1.165) is 37.3 Å². The molecule has 1 saturated carbocycles. The van der Waals surface area contributed by atoms with Gasteiger partial charge >= 0.3 is 0 Å². The van der Waals surface area contributed by atoms with Crippen LogP contribution < -0.4 is 14.8 Å². The van der Waals surface area contributed by atoms with Gasteiger partial charge in [0.15, 0.2) is 11.5 Å². The van der Waals surface area contributed by atoms with E-state index in [4.69, 9.17) is 9.47 Å². The van der Waals surface area contributed by atoms with Crippen LogP contribution in [0.1, 0.15) is 44.6 Å². The van der Waals surface area contributed by atoms with E-state index < -0.39 is 0 Å². The Morgan fingerprint density at radius 2 is 2.05 bits per heavy atom. The van der Waals surface area contributed by atoms with Crippen molar-refractivity contribution in [1.29, 1.82) is 0 Å². The van der Waals surface area contributed by atoms with Crippen molar-refractivity contribution in [3.05, 3.63) is 23.8 Å². The molecule has 4 nitrogen and oxygen atoms in total. The van der Waals surface area contributed by atoms with Gasteiger partial charge in [-0.3, -0.25) is 0 Å². The lowest BCUT2D eigenvalue weighted by molar-refractivity contribution is 0.152. The van der Waals surface area contributed by atoms with Crippen LogP contribution in [0.15, 0.2) is 18.2 Å². The first-order valence-electron chi connectivity index (χ1n) is 8.42. The molecule has 2 unspecified atom stereocenters. The molecule has 0 saturated heterocycles. The number of hydrogen-bond acceptors (Lipinski definition) is 4. The second kappa shape index (κ2) is 9.01. The number of rotatable bonds is 8. The van der Waals surface area contributed by atoms with E-state index in [1.807, 2.05) is 12.1 Å². The van der Waals surface area contributed by atoms with Gasteiger partial charge in [0.1, 0.15) is 0 Å². The largest absolute Gasteiger partial charge is 0.493 e.